The summed E-state index contributed by atoms with van der Waals surface area (Å²) in [5.74, 6) is 2.32. The highest BCUT2D eigenvalue weighted by Gasteiger charge is 2.56. The van der Waals surface area contributed by atoms with Crippen molar-refractivity contribution in [3.8, 4) is 17.2 Å². The van der Waals surface area contributed by atoms with Crippen LogP contribution in [0.4, 0.5) is 5.82 Å². The number of nitrogens with zero attached hydrogens (tertiary/aromatic N) is 2. The highest BCUT2D eigenvalue weighted by molar-refractivity contribution is 5.59. The minimum Gasteiger partial charge on any atom is -0.497 e. The minimum absolute atomic E-state index is 0.296. The molecule has 0 radical (unpaired) electrons. The van der Waals surface area contributed by atoms with Crippen molar-refractivity contribution in [2.24, 2.45) is 0 Å². The van der Waals surface area contributed by atoms with Crippen molar-refractivity contribution in [2.45, 2.75) is 41.3 Å². The van der Waals surface area contributed by atoms with Crippen molar-refractivity contribution < 1.29 is 33.5 Å². The predicted octanol–water partition coefficient (Wildman–Crippen LogP) is 12.3. The molecule has 0 amide bonds. The molecule has 1 saturated heterocycles. The number of hydrogen-bond donors (Lipinski definition) is 2. The summed E-state index contributed by atoms with van der Waals surface area (Å²) >= 11 is 0. The summed E-state index contributed by atoms with van der Waals surface area (Å²) < 4.78 is 41.6. The van der Waals surface area contributed by atoms with Crippen molar-refractivity contribution in [1.82, 2.24) is 9.55 Å². The van der Waals surface area contributed by atoms with Crippen molar-refractivity contribution in [2.75, 3.05) is 33.3 Å². The van der Waals surface area contributed by atoms with Crippen LogP contribution in [0, 0.1) is 0 Å². The fourth-order valence-corrected chi connectivity index (χ4v) is 11.3. The van der Waals surface area contributed by atoms with E-state index in [0.29, 0.717) is 23.1 Å². The second-order valence-corrected chi connectivity index (χ2v) is 19.5. The number of nitrogens with one attached hydrogen (secondary N) is 1. The zero-order valence-corrected chi connectivity index (χ0v) is 44.6. The summed E-state index contributed by atoms with van der Waals surface area (Å²) in [5, 5.41) is 15.6. The molecule has 11 rings (SSSR count). The molecule has 1 unspecified atom stereocenters. The molecule has 400 valence electrons. The van der Waals surface area contributed by atoms with Gasteiger partial charge in [-0.3, -0.25) is 4.57 Å². The van der Waals surface area contributed by atoms with E-state index in [1.165, 1.54) is 4.57 Å². The Hall–Kier alpha value is -9.10. The van der Waals surface area contributed by atoms with E-state index in [4.69, 9.17) is 33.4 Å². The Balaban J connectivity index is 1.13. The molecule has 11 heteroatoms. The summed E-state index contributed by atoms with van der Waals surface area (Å²) in [6, 6.07) is 85.3. The van der Waals surface area contributed by atoms with Crippen LogP contribution in [0.1, 0.15) is 56.3 Å². The van der Waals surface area contributed by atoms with Crippen LogP contribution < -0.4 is 25.2 Å². The monoisotopic (exact) mass is 1060 g/mol. The molecule has 2 N–H and O–H groups in total. The molecule has 80 heavy (non-hydrogen) atoms. The summed E-state index contributed by atoms with van der Waals surface area (Å²) in [6.45, 7) is -0.504. The first-order valence-corrected chi connectivity index (χ1v) is 26.6. The maximum absolute atomic E-state index is 15.4. The fraction of sp³-hybridized carbons (Fsp3) is 0.159. The molecule has 9 aromatic carbocycles. The van der Waals surface area contributed by atoms with Gasteiger partial charge in [-0.1, -0.05) is 218 Å². The van der Waals surface area contributed by atoms with Crippen molar-refractivity contribution in [1.29, 1.82) is 0 Å². The van der Waals surface area contributed by atoms with Gasteiger partial charge in [-0.05, 0) is 92.5 Å². The molecule has 4 atom stereocenters. The Labute approximate surface area is 466 Å². The van der Waals surface area contributed by atoms with Crippen LogP contribution in [0.5, 0.6) is 17.2 Å². The van der Waals surface area contributed by atoms with Crippen LogP contribution in [-0.4, -0.2) is 60.9 Å². The van der Waals surface area contributed by atoms with Gasteiger partial charge in [0.15, 0.2) is 6.23 Å². The second kappa shape index (κ2) is 23.5. The van der Waals surface area contributed by atoms with Crippen LogP contribution in [0.15, 0.2) is 272 Å². The number of hydrogen-bond acceptors (Lipinski definition) is 10. The molecule has 1 fully saturated rings. The first kappa shape index (κ1) is 52.9. The summed E-state index contributed by atoms with van der Waals surface area (Å²) in [6.07, 6.45) is -2.92. The summed E-state index contributed by atoms with van der Waals surface area (Å²) in [7, 11) is 4.91. The molecule has 0 spiro atoms. The van der Waals surface area contributed by atoms with Gasteiger partial charge >= 0.3 is 5.69 Å². The van der Waals surface area contributed by atoms with Crippen molar-refractivity contribution in [3.05, 3.63) is 328 Å². The van der Waals surface area contributed by atoms with Gasteiger partial charge in [0.1, 0.15) is 58.1 Å². The summed E-state index contributed by atoms with van der Waals surface area (Å²) in [5.41, 5.74) is 2.96. The van der Waals surface area contributed by atoms with Crippen LogP contribution in [0.25, 0.3) is 0 Å². The number of aliphatic hydroxyl groups excluding tert-OH is 1. The summed E-state index contributed by atoms with van der Waals surface area (Å²) in [4.78, 5) is 20.3. The van der Waals surface area contributed by atoms with E-state index in [1.54, 1.807) is 33.6 Å². The lowest BCUT2D eigenvalue weighted by atomic mass is 9.77. The highest BCUT2D eigenvalue weighted by Crippen LogP contribution is 2.50. The molecular weight excluding hydrogens is 999 g/mol. The molecule has 0 aliphatic carbocycles. The molecule has 11 nitrogen and oxygen atoms in total. The van der Waals surface area contributed by atoms with E-state index in [0.717, 1.165) is 50.1 Å². The Kier molecular flexibility index (Phi) is 15.5. The zero-order chi connectivity index (χ0) is 54.9. The molecule has 1 aliphatic heterocycles. The molecule has 1 aliphatic rings. The SMILES string of the molecule is COc1ccc(C(Nc2ccn([C@@H]3O[C@H](CO)[C@@H](OC(c4ccccc4)(c4ccccc4)c4ccc(OC)cc4)C3OC(c3ccccc3)(c3ccccc3)c3ccc(OC)cc3)c(=O)n2)(c2ccccc2)c2ccccc2)cc1. The third kappa shape index (κ3) is 9.93. The van der Waals surface area contributed by atoms with Crippen molar-refractivity contribution in [3.63, 3.8) is 0 Å². The van der Waals surface area contributed by atoms with Gasteiger partial charge in [0.05, 0.1) is 27.9 Å². The number of methoxy groups -OCH3 is 3. The maximum Gasteiger partial charge on any atom is 0.351 e. The normalized spacial score (nSPS) is 16.4. The van der Waals surface area contributed by atoms with Gasteiger partial charge in [0.25, 0.3) is 0 Å². The van der Waals surface area contributed by atoms with Gasteiger partial charge in [0.2, 0.25) is 0 Å². The highest BCUT2D eigenvalue weighted by atomic mass is 16.6. The van der Waals surface area contributed by atoms with Gasteiger partial charge < -0.3 is 38.8 Å². The second-order valence-electron chi connectivity index (χ2n) is 19.5. The molecule has 2 heterocycles. The van der Waals surface area contributed by atoms with Crippen LogP contribution in [0.2, 0.25) is 0 Å². The first-order valence-electron chi connectivity index (χ1n) is 26.6. The van der Waals surface area contributed by atoms with Gasteiger partial charge in [-0.25, -0.2) is 4.79 Å². The smallest absolute Gasteiger partial charge is 0.351 e. The Morgan fingerprint density at radius 2 is 0.750 bits per heavy atom. The predicted molar refractivity (Wildman–Crippen MR) is 310 cm³/mol. The molecule has 0 saturated carbocycles. The van der Waals surface area contributed by atoms with Gasteiger partial charge in [-0.15, -0.1) is 0 Å². The third-order valence-corrected chi connectivity index (χ3v) is 15.2. The number of anilines is 1. The molecule has 1 aromatic heterocycles. The number of ether oxygens (including phenoxy) is 6. The number of aliphatic hydroxyl groups is 1. The van der Waals surface area contributed by atoms with E-state index in [9.17, 15) is 5.11 Å². The standard InChI is InChI=1S/C69H61N3O8/c1-75-58-40-34-51(35-41-58)67(49-22-10-4-11-23-49,50-24-12-5-13-25-50)71-62-46-47-72(66(74)70-62)65-64(80-69(54-30-18-8-19-31-54,55-32-20-9-21-33-55)57-38-44-60(77-3)45-39-57)63(61(48-73)78-65)79-68(52-26-14-6-15-27-52,53-28-16-7-17-29-53)56-36-42-59(76-2)43-37-56/h4-47,61,63-65,73H,48H2,1-3H3,(H,70,71,74)/t61-,63-,64?,65-/m1/s1. The average molecular weight is 1060 g/mol. The van der Waals surface area contributed by atoms with E-state index in [1.807, 2.05) is 231 Å². The first-order chi connectivity index (χ1) is 39.3. The quantitative estimate of drug-likeness (QED) is 0.0714. The van der Waals surface area contributed by atoms with E-state index >= 15 is 4.79 Å². The molecular formula is C69H61N3O8. The topological polar surface area (TPSA) is 123 Å². The number of benzene rings is 9. The minimum atomic E-state index is -1.41. The number of aromatic nitrogens is 2. The van der Waals surface area contributed by atoms with E-state index in [2.05, 4.69) is 29.6 Å². The third-order valence-electron chi connectivity index (χ3n) is 15.2. The Morgan fingerprint density at radius 3 is 1.09 bits per heavy atom. The van der Waals surface area contributed by atoms with Gasteiger partial charge in [0, 0.05) is 6.20 Å². The Morgan fingerprint density at radius 1 is 0.438 bits per heavy atom. The molecule has 0 bridgehead atoms. The molecule has 10 aromatic rings. The van der Waals surface area contributed by atoms with E-state index < -0.39 is 53.6 Å². The Bertz CT molecular complexity index is 3510. The van der Waals surface area contributed by atoms with Crippen molar-refractivity contribution >= 4 is 5.82 Å². The van der Waals surface area contributed by atoms with Crippen LogP contribution >= 0.6 is 0 Å². The average Bonchev–Trinajstić information content (AvgIpc) is 4.05. The van der Waals surface area contributed by atoms with Crippen LogP contribution in [0.3, 0.4) is 0 Å². The lowest BCUT2D eigenvalue weighted by molar-refractivity contribution is -0.156. The lowest BCUT2D eigenvalue weighted by Gasteiger charge is -2.43. The largest absolute Gasteiger partial charge is 0.497 e. The van der Waals surface area contributed by atoms with Crippen LogP contribution in [-0.2, 0) is 31.0 Å². The van der Waals surface area contributed by atoms with Gasteiger partial charge in [-0.2, -0.15) is 4.98 Å². The van der Waals surface area contributed by atoms with E-state index in [-0.39, 0.29) is 0 Å². The maximum atomic E-state index is 15.4. The lowest BCUT2D eigenvalue weighted by Crippen LogP contribution is -2.49. The fourth-order valence-electron chi connectivity index (χ4n) is 11.3. The zero-order valence-electron chi connectivity index (χ0n) is 44.6. The number of rotatable bonds is 20.